The fraction of sp³-hybridized carbons (Fsp3) is 0.636. The van der Waals surface area contributed by atoms with Crippen molar-refractivity contribution in [1.29, 1.82) is 0 Å². The molecule has 1 atom stereocenters. The molecule has 3 nitrogen and oxygen atoms in total. The van der Waals surface area contributed by atoms with Gasteiger partial charge < -0.3 is 0 Å². The highest BCUT2D eigenvalue weighted by molar-refractivity contribution is 9.09. The molecule has 17 heavy (non-hydrogen) atoms. The molecule has 2 rings (SSSR count). The molecule has 0 saturated carbocycles. The highest BCUT2D eigenvalue weighted by atomic mass is 79.9. The van der Waals surface area contributed by atoms with E-state index in [0.29, 0.717) is 23.2 Å². The van der Waals surface area contributed by atoms with Gasteiger partial charge in [-0.15, -0.1) is 11.3 Å². The minimum atomic E-state index is -3.23. The Bertz CT molecular complexity index is 442. The van der Waals surface area contributed by atoms with Gasteiger partial charge in [0, 0.05) is 18.4 Å². The van der Waals surface area contributed by atoms with Gasteiger partial charge in [-0.3, -0.25) is 0 Å². The molecule has 0 aliphatic carbocycles. The Hall–Kier alpha value is 0.0900. The fourth-order valence-electron chi connectivity index (χ4n) is 2.17. The zero-order valence-electron chi connectivity index (χ0n) is 9.51. The zero-order valence-corrected chi connectivity index (χ0v) is 12.7. The summed E-state index contributed by atoms with van der Waals surface area (Å²) in [5, 5.41) is 2.76. The molecule has 1 aliphatic heterocycles. The molecule has 0 amide bonds. The first-order chi connectivity index (χ1) is 8.14. The summed E-state index contributed by atoms with van der Waals surface area (Å²) < 4.78 is 26.8. The minimum absolute atomic E-state index is 0.469. The van der Waals surface area contributed by atoms with Gasteiger partial charge in [0.05, 0.1) is 0 Å². The van der Waals surface area contributed by atoms with Crippen LogP contribution in [-0.4, -0.2) is 31.1 Å². The summed E-state index contributed by atoms with van der Waals surface area (Å²) in [7, 11) is -3.23. The van der Waals surface area contributed by atoms with Crippen LogP contribution in [0.5, 0.6) is 0 Å². The SMILES string of the molecule is O=S(=O)(c1cccs1)N1CCCC(CCBr)C1. The van der Waals surface area contributed by atoms with Crippen LogP contribution in [-0.2, 0) is 10.0 Å². The second-order valence-corrected chi connectivity index (χ2v) is 8.19. The normalized spacial score (nSPS) is 22.8. The van der Waals surface area contributed by atoms with Gasteiger partial charge in [0.25, 0.3) is 10.0 Å². The molecule has 1 fully saturated rings. The van der Waals surface area contributed by atoms with Crippen LogP contribution in [0.1, 0.15) is 19.3 Å². The topological polar surface area (TPSA) is 37.4 Å². The first kappa shape index (κ1) is 13.5. The van der Waals surface area contributed by atoms with Gasteiger partial charge in [-0.2, -0.15) is 4.31 Å². The van der Waals surface area contributed by atoms with Crippen molar-refractivity contribution in [3.8, 4) is 0 Å². The summed E-state index contributed by atoms with van der Waals surface area (Å²) >= 11 is 4.73. The molecule has 1 aromatic heterocycles. The summed E-state index contributed by atoms with van der Waals surface area (Å²) in [5.41, 5.74) is 0. The maximum atomic E-state index is 12.3. The first-order valence-corrected chi connectivity index (χ1v) is 9.18. The number of alkyl halides is 1. The van der Waals surface area contributed by atoms with Crippen molar-refractivity contribution in [2.75, 3.05) is 18.4 Å². The van der Waals surface area contributed by atoms with Crippen LogP contribution in [0.4, 0.5) is 0 Å². The molecule has 0 N–H and O–H groups in total. The highest BCUT2D eigenvalue weighted by Crippen LogP contribution is 2.27. The lowest BCUT2D eigenvalue weighted by Crippen LogP contribution is -2.39. The van der Waals surface area contributed by atoms with Gasteiger partial charge in [0.15, 0.2) is 0 Å². The van der Waals surface area contributed by atoms with E-state index in [2.05, 4.69) is 15.9 Å². The second-order valence-electron chi connectivity index (χ2n) is 4.28. The molecule has 2 heterocycles. The van der Waals surface area contributed by atoms with E-state index in [0.717, 1.165) is 24.6 Å². The number of hydrogen-bond donors (Lipinski definition) is 0. The predicted molar refractivity (Wildman–Crippen MR) is 74.2 cm³/mol. The van der Waals surface area contributed by atoms with Crippen molar-refractivity contribution in [3.05, 3.63) is 17.5 Å². The van der Waals surface area contributed by atoms with E-state index in [1.165, 1.54) is 11.3 Å². The molecule has 1 aliphatic rings. The van der Waals surface area contributed by atoms with Crippen molar-refractivity contribution in [3.63, 3.8) is 0 Å². The summed E-state index contributed by atoms with van der Waals surface area (Å²) in [6, 6.07) is 3.48. The van der Waals surface area contributed by atoms with Crippen LogP contribution in [0.25, 0.3) is 0 Å². The molecule has 1 saturated heterocycles. The molecular weight excluding hydrogens is 322 g/mol. The van der Waals surface area contributed by atoms with E-state index in [-0.39, 0.29) is 0 Å². The van der Waals surface area contributed by atoms with Crippen molar-refractivity contribution in [2.45, 2.75) is 23.5 Å². The van der Waals surface area contributed by atoms with Gasteiger partial charge in [0.1, 0.15) is 4.21 Å². The molecule has 0 radical (unpaired) electrons. The second kappa shape index (κ2) is 5.82. The van der Waals surface area contributed by atoms with E-state index < -0.39 is 10.0 Å². The van der Waals surface area contributed by atoms with E-state index in [1.54, 1.807) is 16.4 Å². The molecule has 0 bridgehead atoms. The fourth-order valence-corrected chi connectivity index (χ4v) is 5.52. The predicted octanol–water partition coefficient (Wildman–Crippen LogP) is 2.93. The van der Waals surface area contributed by atoms with Crippen molar-refractivity contribution in [1.82, 2.24) is 4.31 Å². The van der Waals surface area contributed by atoms with Crippen LogP contribution < -0.4 is 0 Å². The number of hydrogen-bond acceptors (Lipinski definition) is 3. The highest BCUT2D eigenvalue weighted by Gasteiger charge is 2.30. The number of sulfonamides is 1. The monoisotopic (exact) mass is 337 g/mol. The van der Waals surface area contributed by atoms with Gasteiger partial charge in [0.2, 0.25) is 0 Å². The van der Waals surface area contributed by atoms with E-state index in [4.69, 9.17) is 0 Å². The minimum Gasteiger partial charge on any atom is -0.206 e. The lowest BCUT2D eigenvalue weighted by molar-refractivity contribution is 0.263. The largest absolute Gasteiger partial charge is 0.252 e. The number of nitrogens with zero attached hydrogens (tertiary/aromatic N) is 1. The molecule has 0 aromatic carbocycles. The zero-order chi connectivity index (χ0) is 12.3. The Labute approximate surface area is 115 Å². The number of piperidine rings is 1. The Morgan fingerprint density at radius 3 is 3.00 bits per heavy atom. The lowest BCUT2D eigenvalue weighted by Gasteiger charge is -2.31. The van der Waals surface area contributed by atoms with E-state index in [9.17, 15) is 8.42 Å². The van der Waals surface area contributed by atoms with Crippen LogP contribution in [0.2, 0.25) is 0 Å². The maximum absolute atomic E-state index is 12.3. The summed E-state index contributed by atoms with van der Waals surface area (Å²) in [6.07, 6.45) is 3.17. The van der Waals surface area contributed by atoms with Crippen LogP contribution in [0.15, 0.2) is 21.7 Å². The molecule has 1 unspecified atom stereocenters. The quantitative estimate of drug-likeness (QED) is 0.792. The standard InChI is InChI=1S/C11H16BrNO2S2/c12-6-5-10-3-1-7-13(9-10)17(14,15)11-4-2-8-16-11/h2,4,8,10H,1,3,5-7,9H2. The van der Waals surface area contributed by atoms with E-state index in [1.807, 2.05) is 5.38 Å². The first-order valence-electron chi connectivity index (χ1n) is 5.74. The number of rotatable bonds is 4. The summed E-state index contributed by atoms with van der Waals surface area (Å²) in [4.78, 5) is 0. The van der Waals surface area contributed by atoms with Gasteiger partial charge >= 0.3 is 0 Å². The smallest absolute Gasteiger partial charge is 0.206 e. The van der Waals surface area contributed by atoms with Crippen molar-refractivity contribution >= 4 is 37.3 Å². The summed E-state index contributed by atoms with van der Waals surface area (Å²) in [6.45, 7) is 1.34. The Kier molecular flexibility index (Phi) is 4.63. The Morgan fingerprint density at radius 2 is 2.35 bits per heavy atom. The van der Waals surface area contributed by atoms with Crippen LogP contribution >= 0.6 is 27.3 Å². The third-order valence-electron chi connectivity index (χ3n) is 3.09. The number of thiophene rings is 1. The number of halogens is 1. The summed E-state index contributed by atoms with van der Waals surface area (Å²) in [5.74, 6) is 0.498. The van der Waals surface area contributed by atoms with Crippen molar-refractivity contribution in [2.24, 2.45) is 5.92 Å². The Balaban J connectivity index is 2.12. The van der Waals surface area contributed by atoms with Gasteiger partial charge in [-0.1, -0.05) is 22.0 Å². The lowest BCUT2D eigenvalue weighted by atomic mass is 9.97. The molecule has 96 valence electrons. The molecule has 6 heteroatoms. The average Bonchev–Trinajstić information content (AvgIpc) is 2.84. The Morgan fingerprint density at radius 1 is 1.53 bits per heavy atom. The van der Waals surface area contributed by atoms with Gasteiger partial charge in [-0.25, -0.2) is 8.42 Å². The van der Waals surface area contributed by atoms with Gasteiger partial charge in [-0.05, 0) is 36.6 Å². The average molecular weight is 338 g/mol. The van der Waals surface area contributed by atoms with E-state index >= 15 is 0 Å². The third kappa shape index (κ3) is 3.10. The third-order valence-corrected chi connectivity index (χ3v) is 6.78. The molecule has 1 aromatic rings. The van der Waals surface area contributed by atoms with Crippen molar-refractivity contribution < 1.29 is 8.42 Å². The molecule has 0 spiro atoms. The maximum Gasteiger partial charge on any atom is 0.252 e. The van der Waals surface area contributed by atoms with Crippen LogP contribution in [0, 0.1) is 5.92 Å². The van der Waals surface area contributed by atoms with Crippen LogP contribution in [0.3, 0.4) is 0 Å². The molecular formula is C11H16BrNO2S2.